The van der Waals surface area contributed by atoms with Crippen molar-refractivity contribution in [1.29, 1.82) is 0 Å². The van der Waals surface area contributed by atoms with Crippen LogP contribution in [0.15, 0.2) is 78.0 Å². The van der Waals surface area contributed by atoms with Crippen molar-refractivity contribution in [2.75, 3.05) is 12.9 Å². The quantitative estimate of drug-likeness (QED) is 0.323. The zero-order valence-corrected chi connectivity index (χ0v) is 20.2. The summed E-state index contributed by atoms with van der Waals surface area (Å²) in [7, 11) is 1.59. The highest BCUT2D eigenvalue weighted by Gasteiger charge is 2.19. The van der Waals surface area contributed by atoms with E-state index in [2.05, 4.69) is 15.5 Å². The molecule has 0 saturated heterocycles. The Morgan fingerprint density at radius 1 is 1.00 bits per heavy atom. The van der Waals surface area contributed by atoms with E-state index in [0.717, 1.165) is 11.1 Å². The van der Waals surface area contributed by atoms with Gasteiger partial charge in [0.2, 0.25) is 5.91 Å². The molecule has 1 amide bonds. The van der Waals surface area contributed by atoms with Gasteiger partial charge in [0, 0.05) is 6.54 Å². The van der Waals surface area contributed by atoms with E-state index in [1.54, 1.807) is 54.1 Å². The van der Waals surface area contributed by atoms with E-state index in [1.165, 1.54) is 17.8 Å². The monoisotopic (exact) mass is 492 g/mol. The third kappa shape index (κ3) is 6.39. The topological polar surface area (TPSA) is 78.3 Å². The molecule has 3 aromatic carbocycles. The smallest absolute Gasteiger partial charge is 0.230 e. The van der Waals surface area contributed by atoms with Crippen molar-refractivity contribution < 1.29 is 18.7 Å². The molecule has 0 radical (unpaired) electrons. The number of aryl methyl sites for hydroxylation is 1. The molecule has 4 rings (SSSR count). The van der Waals surface area contributed by atoms with Crippen LogP contribution in [0.4, 0.5) is 4.39 Å². The van der Waals surface area contributed by atoms with Crippen molar-refractivity contribution >= 4 is 17.7 Å². The van der Waals surface area contributed by atoms with Gasteiger partial charge in [-0.15, -0.1) is 10.2 Å². The molecular formula is C26H25FN4O3S. The summed E-state index contributed by atoms with van der Waals surface area (Å²) >= 11 is 1.18. The fraction of sp³-hybridized carbons (Fsp3) is 0.192. The molecule has 9 heteroatoms. The van der Waals surface area contributed by atoms with Crippen molar-refractivity contribution in [2.24, 2.45) is 0 Å². The minimum atomic E-state index is -0.427. The normalized spacial score (nSPS) is 10.7. The van der Waals surface area contributed by atoms with E-state index >= 15 is 0 Å². The number of nitrogens with one attached hydrogen (secondary N) is 1. The van der Waals surface area contributed by atoms with Gasteiger partial charge in [-0.1, -0.05) is 53.7 Å². The summed E-state index contributed by atoms with van der Waals surface area (Å²) in [5.41, 5.74) is 2.46. The number of amides is 1. The number of halogens is 1. The van der Waals surface area contributed by atoms with E-state index in [9.17, 15) is 9.18 Å². The minimum Gasteiger partial charge on any atom is -0.497 e. The summed E-state index contributed by atoms with van der Waals surface area (Å²) < 4.78 is 27.3. The lowest BCUT2D eigenvalue weighted by Crippen LogP contribution is -2.24. The Kier molecular flexibility index (Phi) is 7.99. The van der Waals surface area contributed by atoms with E-state index in [1.807, 2.05) is 31.2 Å². The van der Waals surface area contributed by atoms with Crippen LogP contribution in [-0.2, 0) is 17.9 Å². The van der Waals surface area contributed by atoms with E-state index in [-0.39, 0.29) is 24.0 Å². The van der Waals surface area contributed by atoms with E-state index < -0.39 is 5.82 Å². The summed E-state index contributed by atoms with van der Waals surface area (Å²) in [5.74, 6) is 1.26. The molecule has 0 aliphatic heterocycles. The lowest BCUT2D eigenvalue weighted by molar-refractivity contribution is -0.118. The molecule has 0 unspecified atom stereocenters. The van der Waals surface area contributed by atoms with Crippen LogP contribution in [0.3, 0.4) is 0 Å². The summed E-state index contributed by atoms with van der Waals surface area (Å²) in [4.78, 5) is 12.4. The number of carbonyl (C=O) groups is 1. The Morgan fingerprint density at radius 3 is 2.43 bits per heavy atom. The Bertz CT molecular complexity index is 1280. The van der Waals surface area contributed by atoms with Gasteiger partial charge in [0.05, 0.1) is 18.6 Å². The highest BCUT2D eigenvalue weighted by molar-refractivity contribution is 7.99. The maximum Gasteiger partial charge on any atom is 0.230 e. The molecular weight excluding hydrogens is 467 g/mol. The third-order valence-electron chi connectivity index (χ3n) is 5.16. The summed E-state index contributed by atoms with van der Waals surface area (Å²) in [6, 6.07) is 21.4. The predicted molar refractivity (Wildman–Crippen MR) is 132 cm³/mol. The molecule has 0 bridgehead atoms. The standard InChI is InChI=1S/C26H25FN4O3S/c1-18-7-9-19(10-8-18)15-28-25(32)17-35-26-30-29-24(31(26)23-6-4-3-5-22(23)27)16-34-21-13-11-20(33-2)12-14-21/h3-14H,15-17H2,1-2H3,(H,28,32). The zero-order chi connectivity index (χ0) is 24.6. The molecule has 0 atom stereocenters. The van der Waals surface area contributed by atoms with Gasteiger partial charge in [-0.2, -0.15) is 0 Å². The Hall–Kier alpha value is -3.85. The molecule has 4 aromatic rings. The summed E-state index contributed by atoms with van der Waals surface area (Å²) in [6.45, 7) is 2.51. The maximum atomic E-state index is 14.7. The number of para-hydroxylation sites is 1. The molecule has 0 saturated carbocycles. The van der Waals surface area contributed by atoms with Crippen molar-refractivity contribution in [3.05, 3.63) is 95.6 Å². The zero-order valence-electron chi connectivity index (χ0n) is 19.4. The number of methoxy groups -OCH3 is 1. The molecule has 1 N–H and O–H groups in total. The molecule has 0 aliphatic carbocycles. The van der Waals surface area contributed by atoms with Gasteiger partial charge >= 0.3 is 0 Å². The summed E-state index contributed by atoms with van der Waals surface area (Å²) in [6.07, 6.45) is 0. The summed E-state index contributed by atoms with van der Waals surface area (Å²) in [5, 5.41) is 11.7. The fourth-order valence-corrected chi connectivity index (χ4v) is 4.06. The van der Waals surface area contributed by atoms with Crippen LogP contribution in [0.5, 0.6) is 11.5 Å². The van der Waals surface area contributed by atoms with E-state index in [0.29, 0.717) is 29.0 Å². The number of benzene rings is 3. The van der Waals surface area contributed by atoms with Gasteiger partial charge in [-0.05, 0) is 48.9 Å². The first kappa shape index (κ1) is 24.3. The second kappa shape index (κ2) is 11.5. The highest BCUT2D eigenvalue weighted by Crippen LogP contribution is 2.25. The van der Waals surface area contributed by atoms with Crippen molar-refractivity contribution in [3.63, 3.8) is 0 Å². The lowest BCUT2D eigenvalue weighted by Gasteiger charge is -2.12. The average Bonchev–Trinajstić information content (AvgIpc) is 3.29. The number of nitrogens with zero attached hydrogens (tertiary/aromatic N) is 3. The number of thioether (sulfide) groups is 1. The van der Waals surface area contributed by atoms with Gasteiger partial charge in [0.1, 0.15) is 23.9 Å². The van der Waals surface area contributed by atoms with Crippen LogP contribution in [0.1, 0.15) is 17.0 Å². The van der Waals surface area contributed by atoms with Gasteiger partial charge < -0.3 is 14.8 Å². The van der Waals surface area contributed by atoms with Crippen molar-refractivity contribution in [3.8, 4) is 17.2 Å². The molecule has 180 valence electrons. The molecule has 7 nitrogen and oxygen atoms in total. The van der Waals surface area contributed by atoms with Crippen molar-refractivity contribution in [2.45, 2.75) is 25.2 Å². The van der Waals surface area contributed by atoms with Crippen molar-refractivity contribution in [1.82, 2.24) is 20.1 Å². The van der Waals surface area contributed by atoms with Crippen LogP contribution in [-0.4, -0.2) is 33.5 Å². The molecule has 1 heterocycles. The minimum absolute atomic E-state index is 0.0633. The lowest BCUT2D eigenvalue weighted by atomic mass is 10.1. The number of aromatic nitrogens is 3. The van der Waals surface area contributed by atoms with Gasteiger partial charge in [-0.25, -0.2) is 4.39 Å². The van der Waals surface area contributed by atoms with E-state index in [4.69, 9.17) is 9.47 Å². The highest BCUT2D eigenvalue weighted by atomic mass is 32.2. The molecule has 0 fully saturated rings. The first-order valence-electron chi connectivity index (χ1n) is 10.9. The maximum absolute atomic E-state index is 14.7. The first-order valence-corrected chi connectivity index (χ1v) is 11.9. The number of hydrogen-bond acceptors (Lipinski definition) is 6. The second-order valence-electron chi connectivity index (χ2n) is 7.70. The number of hydrogen-bond donors (Lipinski definition) is 1. The van der Waals surface area contributed by atoms with Crippen LogP contribution < -0.4 is 14.8 Å². The molecule has 0 spiro atoms. The largest absolute Gasteiger partial charge is 0.497 e. The van der Waals surface area contributed by atoms with Crippen LogP contribution in [0.2, 0.25) is 0 Å². The van der Waals surface area contributed by atoms with Crippen LogP contribution in [0.25, 0.3) is 5.69 Å². The number of rotatable bonds is 10. The Morgan fingerprint density at radius 2 is 1.71 bits per heavy atom. The SMILES string of the molecule is COc1ccc(OCc2nnc(SCC(=O)NCc3ccc(C)cc3)n2-c2ccccc2F)cc1. The van der Waals surface area contributed by atoms with Gasteiger partial charge in [-0.3, -0.25) is 9.36 Å². The molecule has 0 aliphatic rings. The Labute approximate surface area is 207 Å². The first-order chi connectivity index (χ1) is 17.0. The van der Waals surface area contributed by atoms with Gasteiger partial charge in [0.15, 0.2) is 11.0 Å². The number of ether oxygens (including phenoxy) is 2. The average molecular weight is 493 g/mol. The third-order valence-corrected chi connectivity index (χ3v) is 6.09. The van der Waals surface area contributed by atoms with Crippen LogP contribution >= 0.6 is 11.8 Å². The number of carbonyl (C=O) groups excluding carboxylic acids is 1. The molecule has 35 heavy (non-hydrogen) atoms. The second-order valence-corrected chi connectivity index (χ2v) is 8.64. The molecule has 1 aromatic heterocycles. The van der Waals surface area contributed by atoms with Crippen LogP contribution in [0, 0.1) is 12.7 Å². The fourth-order valence-electron chi connectivity index (χ4n) is 3.27. The van der Waals surface area contributed by atoms with Gasteiger partial charge in [0.25, 0.3) is 0 Å². The predicted octanol–water partition coefficient (Wildman–Crippen LogP) is 4.71. The Balaban J connectivity index is 1.46.